The van der Waals surface area contributed by atoms with E-state index in [2.05, 4.69) is 41.5 Å². The molecular formula is C13H29N. The maximum Gasteiger partial charge on any atom is -0.00513 e. The highest BCUT2D eigenvalue weighted by molar-refractivity contribution is 4.78. The van der Waals surface area contributed by atoms with Gasteiger partial charge in [-0.2, -0.15) is 0 Å². The van der Waals surface area contributed by atoms with E-state index in [4.69, 9.17) is 5.73 Å². The van der Waals surface area contributed by atoms with Crippen LogP contribution in [0.5, 0.6) is 0 Å². The van der Waals surface area contributed by atoms with Gasteiger partial charge in [0.25, 0.3) is 0 Å². The molecule has 86 valence electrons. The standard InChI is InChI=1S/C13H29N/c1-10(2)7-12(4)13(5,6)8-11(3)9-14/h10-12H,7-9,14H2,1-6H3. The van der Waals surface area contributed by atoms with E-state index in [1.807, 2.05) is 0 Å². The lowest BCUT2D eigenvalue weighted by atomic mass is 9.71. The number of nitrogens with two attached hydrogens (primary N) is 1. The van der Waals surface area contributed by atoms with Gasteiger partial charge in [-0.25, -0.2) is 0 Å². The summed E-state index contributed by atoms with van der Waals surface area (Å²) in [7, 11) is 0. The van der Waals surface area contributed by atoms with Gasteiger partial charge in [-0.1, -0.05) is 41.5 Å². The fraction of sp³-hybridized carbons (Fsp3) is 1.00. The Hall–Kier alpha value is -0.0400. The average molecular weight is 199 g/mol. The molecule has 0 rings (SSSR count). The van der Waals surface area contributed by atoms with Crippen molar-refractivity contribution in [2.24, 2.45) is 28.9 Å². The molecule has 0 aliphatic carbocycles. The van der Waals surface area contributed by atoms with E-state index < -0.39 is 0 Å². The van der Waals surface area contributed by atoms with Gasteiger partial charge >= 0.3 is 0 Å². The molecular weight excluding hydrogens is 170 g/mol. The summed E-state index contributed by atoms with van der Waals surface area (Å²) < 4.78 is 0. The van der Waals surface area contributed by atoms with Crippen LogP contribution in [0.3, 0.4) is 0 Å². The first kappa shape index (κ1) is 14.0. The molecule has 0 saturated heterocycles. The molecule has 0 spiro atoms. The second-order valence-electron chi connectivity index (χ2n) is 6.06. The second kappa shape index (κ2) is 5.75. The molecule has 0 radical (unpaired) electrons. The maximum absolute atomic E-state index is 5.68. The highest BCUT2D eigenvalue weighted by Gasteiger charge is 2.27. The van der Waals surface area contributed by atoms with Gasteiger partial charge in [0, 0.05) is 0 Å². The molecule has 0 aromatic rings. The molecule has 0 aliphatic heterocycles. The minimum absolute atomic E-state index is 0.434. The first-order valence-corrected chi connectivity index (χ1v) is 5.99. The van der Waals surface area contributed by atoms with E-state index in [1.165, 1.54) is 12.8 Å². The Morgan fingerprint density at radius 1 is 1.07 bits per heavy atom. The Kier molecular flexibility index (Phi) is 5.73. The van der Waals surface area contributed by atoms with E-state index in [9.17, 15) is 0 Å². The summed E-state index contributed by atoms with van der Waals surface area (Å²) in [4.78, 5) is 0. The molecule has 14 heavy (non-hydrogen) atoms. The molecule has 1 nitrogen and oxygen atoms in total. The summed E-state index contributed by atoms with van der Waals surface area (Å²) in [6, 6.07) is 0. The van der Waals surface area contributed by atoms with Gasteiger partial charge in [-0.3, -0.25) is 0 Å². The van der Waals surface area contributed by atoms with Crippen LogP contribution < -0.4 is 5.73 Å². The molecule has 0 saturated carbocycles. The van der Waals surface area contributed by atoms with Crippen LogP contribution in [0.4, 0.5) is 0 Å². The predicted octanol–water partition coefficient (Wildman–Crippen LogP) is 3.68. The zero-order valence-electron chi connectivity index (χ0n) is 10.9. The quantitative estimate of drug-likeness (QED) is 0.694. The van der Waals surface area contributed by atoms with Crippen molar-refractivity contribution >= 4 is 0 Å². The third-order valence-electron chi connectivity index (χ3n) is 3.44. The summed E-state index contributed by atoms with van der Waals surface area (Å²) in [5, 5.41) is 0. The molecule has 0 fully saturated rings. The maximum atomic E-state index is 5.68. The Morgan fingerprint density at radius 3 is 1.93 bits per heavy atom. The summed E-state index contributed by atoms with van der Waals surface area (Å²) >= 11 is 0. The lowest BCUT2D eigenvalue weighted by molar-refractivity contribution is 0.159. The summed E-state index contributed by atoms with van der Waals surface area (Å²) in [5.74, 6) is 2.24. The van der Waals surface area contributed by atoms with Crippen molar-refractivity contribution in [3.63, 3.8) is 0 Å². The first-order valence-electron chi connectivity index (χ1n) is 5.99. The lowest BCUT2D eigenvalue weighted by Crippen LogP contribution is -2.27. The summed E-state index contributed by atoms with van der Waals surface area (Å²) in [5.41, 5.74) is 6.11. The molecule has 0 aliphatic rings. The molecule has 0 amide bonds. The molecule has 2 unspecified atom stereocenters. The van der Waals surface area contributed by atoms with Gasteiger partial charge in [0.1, 0.15) is 0 Å². The largest absolute Gasteiger partial charge is 0.330 e. The number of rotatable bonds is 6. The first-order chi connectivity index (χ1) is 6.29. The van der Waals surface area contributed by atoms with E-state index >= 15 is 0 Å². The monoisotopic (exact) mass is 199 g/mol. The van der Waals surface area contributed by atoms with E-state index in [0.717, 1.165) is 18.4 Å². The summed E-state index contributed by atoms with van der Waals surface area (Å²) in [6.07, 6.45) is 2.57. The topological polar surface area (TPSA) is 26.0 Å². The van der Waals surface area contributed by atoms with E-state index in [1.54, 1.807) is 0 Å². The molecule has 1 heteroatoms. The molecule has 2 atom stereocenters. The van der Waals surface area contributed by atoms with Crippen molar-refractivity contribution in [3.8, 4) is 0 Å². The van der Waals surface area contributed by atoms with Gasteiger partial charge in [0.05, 0.1) is 0 Å². The van der Waals surface area contributed by atoms with Crippen molar-refractivity contribution in [1.29, 1.82) is 0 Å². The van der Waals surface area contributed by atoms with Gasteiger partial charge in [-0.15, -0.1) is 0 Å². The van der Waals surface area contributed by atoms with E-state index in [0.29, 0.717) is 11.3 Å². The van der Waals surface area contributed by atoms with Gasteiger partial charge in [0.15, 0.2) is 0 Å². The highest BCUT2D eigenvalue weighted by atomic mass is 14.5. The normalized spacial score (nSPS) is 17.1. The van der Waals surface area contributed by atoms with Crippen LogP contribution in [0.15, 0.2) is 0 Å². The van der Waals surface area contributed by atoms with Gasteiger partial charge < -0.3 is 5.73 Å². The zero-order valence-corrected chi connectivity index (χ0v) is 10.9. The summed E-state index contributed by atoms with van der Waals surface area (Å²) in [6.45, 7) is 14.8. The Bertz CT molecular complexity index is 149. The van der Waals surface area contributed by atoms with Crippen LogP contribution in [0.25, 0.3) is 0 Å². The molecule has 0 heterocycles. The van der Waals surface area contributed by atoms with Crippen LogP contribution in [0, 0.1) is 23.2 Å². The fourth-order valence-corrected chi connectivity index (χ4v) is 2.21. The van der Waals surface area contributed by atoms with Crippen LogP contribution in [0.1, 0.15) is 54.4 Å². The van der Waals surface area contributed by atoms with Crippen molar-refractivity contribution in [1.82, 2.24) is 0 Å². The molecule has 0 aromatic carbocycles. The van der Waals surface area contributed by atoms with Crippen LogP contribution in [-0.4, -0.2) is 6.54 Å². The number of hydrogen-bond donors (Lipinski definition) is 1. The Labute approximate surface area is 90.5 Å². The lowest BCUT2D eigenvalue weighted by Gasteiger charge is -2.35. The molecule has 2 N–H and O–H groups in total. The van der Waals surface area contributed by atoms with Crippen molar-refractivity contribution < 1.29 is 0 Å². The van der Waals surface area contributed by atoms with Crippen LogP contribution in [0.2, 0.25) is 0 Å². The van der Waals surface area contributed by atoms with Crippen LogP contribution in [-0.2, 0) is 0 Å². The van der Waals surface area contributed by atoms with Crippen LogP contribution >= 0.6 is 0 Å². The van der Waals surface area contributed by atoms with Crippen molar-refractivity contribution in [2.45, 2.75) is 54.4 Å². The van der Waals surface area contributed by atoms with Crippen molar-refractivity contribution in [3.05, 3.63) is 0 Å². The Morgan fingerprint density at radius 2 is 1.57 bits per heavy atom. The highest BCUT2D eigenvalue weighted by Crippen LogP contribution is 2.36. The zero-order chi connectivity index (χ0) is 11.4. The molecule has 0 bridgehead atoms. The van der Waals surface area contributed by atoms with E-state index in [-0.39, 0.29) is 0 Å². The second-order valence-corrected chi connectivity index (χ2v) is 6.06. The Balaban J connectivity index is 4.15. The van der Waals surface area contributed by atoms with Crippen molar-refractivity contribution in [2.75, 3.05) is 6.54 Å². The third-order valence-corrected chi connectivity index (χ3v) is 3.44. The third kappa shape index (κ3) is 4.99. The van der Waals surface area contributed by atoms with Gasteiger partial charge in [-0.05, 0) is 42.6 Å². The average Bonchev–Trinajstić information content (AvgIpc) is 2.02. The fourth-order valence-electron chi connectivity index (χ4n) is 2.21. The minimum atomic E-state index is 0.434. The van der Waals surface area contributed by atoms with Gasteiger partial charge in [0.2, 0.25) is 0 Å². The number of hydrogen-bond acceptors (Lipinski definition) is 1. The SMILES string of the molecule is CC(C)CC(C)C(C)(C)CC(C)CN. The smallest absolute Gasteiger partial charge is 0.00513 e. The molecule has 0 aromatic heterocycles. The predicted molar refractivity (Wildman–Crippen MR) is 65.2 cm³/mol. The minimum Gasteiger partial charge on any atom is -0.330 e.